The van der Waals surface area contributed by atoms with Crippen molar-refractivity contribution in [2.24, 2.45) is 23.3 Å². The molecule has 2 amide bonds. The second-order valence-corrected chi connectivity index (χ2v) is 6.05. The predicted octanol–water partition coefficient (Wildman–Crippen LogP) is 1.04. The lowest BCUT2D eigenvalue weighted by atomic mass is 9.92. The maximum atomic E-state index is 12.2. The predicted molar refractivity (Wildman–Crippen MR) is 80.3 cm³/mol. The third-order valence-corrected chi connectivity index (χ3v) is 4.61. The summed E-state index contributed by atoms with van der Waals surface area (Å²) >= 11 is 0. The Hall–Kier alpha value is -0.810. The van der Waals surface area contributed by atoms with Gasteiger partial charge in [0.05, 0.1) is 0 Å². The van der Waals surface area contributed by atoms with E-state index >= 15 is 0 Å². The number of nitrogens with two attached hydrogens (primary N) is 2. The van der Waals surface area contributed by atoms with Crippen molar-refractivity contribution in [3.05, 3.63) is 0 Å². The SMILES string of the molecule is Cl.NC(=O)CC1CCN(C(=O)C[C@@H]2CCC[C@H]2N)CC1. The van der Waals surface area contributed by atoms with E-state index in [0.29, 0.717) is 24.7 Å². The Morgan fingerprint density at radius 2 is 1.70 bits per heavy atom. The van der Waals surface area contributed by atoms with Gasteiger partial charge in [-0.2, -0.15) is 0 Å². The van der Waals surface area contributed by atoms with E-state index in [2.05, 4.69) is 0 Å². The summed E-state index contributed by atoms with van der Waals surface area (Å²) in [6.45, 7) is 1.53. The van der Waals surface area contributed by atoms with E-state index in [4.69, 9.17) is 11.5 Å². The molecule has 4 N–H and O–H groups in total. The third kappa shape index (κ3) is 4.63. The van der Waals surface area contributed by atoms with Crippen LogP contribution in [0.4, 0.5) is 0 Å². The quantitative estimate of drug-likeness (QED) is 0.813. The van der Waals surface area contributed by atoms with Gasteiger partial charge in [0.15, 0.2) is 0 Å². The number of piperidine rings is 1. The highest BCUT2D eigenvalue weighted by Gasteiger charge is 2.29. The van der Waals surface area contributed by atoms with Gasteiger partial charge in [0.25, 0.3) is 0 Å². The number of primary amides is 1. The first-order chi connectivity index (χ1) is 9.06. The van der Waals surface area contributed by atoms with E-state index in [1.807, 2.05) is 4.90 Å². The molecule has 1 aliphatic carbocycles. The molecular formula is C14H26ClN3O2. The average molecular weight is 304 g/mol. The Balaban J connectivity index is 0.00000200. The molecule has 0 bridgehead atoms. The molecule has 2 atom stereocenters. The third-order valence-electron chi connectivity index (χ3n) is 4.61. The molecule has 1 aliphatic heterocycles. The zero-order valence-electron chi connectivity index (χ0n) is 11.9. The van der Waals surface area contributed by atoms with Crippen LogP contribution in [-0.2, 0) is 9.59 Å². The number of carbonyl (C=O) groups excluding carboxylic acids is 2. The fourth-order valence-electron chi connectivity index (χ4n) is 3.34. The van der Waals surface area contributed by atoms with Crippen molar-refractivity contribution in [2.45, 2.75) is 51.0 Å². The highest BCUT2D eigenvalue weighted by atomic mass is 35.5. The topological polar surface area (TPSA) is 89.4 Å². The van der Waals surface area contributed by atoms with Crippen molar-refractivity contribution in [1.82, 2.24) is 4.90 Å². The molecule has 0 aromatic rings. The fraction of sp³-hybridized carbons (Fsp3) is 0.857. The Morgan fingerprint density at radius 3 is 2.20 bits per heavy atom. The molecule has 2 rings (SSSR count). The monoisotopic (exact) mass is 303 g/mol. The van der Waals surface area contributed by atoms with E-state index in [1.54, 1.807) is 0 Å². The molecule has 6 heteroatoms. The minimum absolute atomic E-state index is 0. The Kier molecular flexibility index (Phi) is 6.76. The van der Waals surface area contributed by atoms with Crippen molar-refractivity contribution < 1.29 is 9.59 Å². The Labute approximate surface area is 126 Å². The second kappa shape index (κ2) is 7.84. The Bertz CT molecular complexity index is 343. The van der Waals surface area contributed by atoms with Crippen molar-refractivity contribution in [3.8, 4) is 0 Å². The van der Waals surface area contributed by atoms with Crippen LogP contribution in [0.3, 0.4) is 0 Å². The first-order valence-electron chi connectivity index (χ1n) is 7.38. The van der Waals surface area contributed by atoms with E-state index in [1.165, 1.54) is 0 Å². The number of carbonyl (C=O) groups is 2. The summed E-state index contributed by atoms with van der Waals surface area (Å²) in [7, 11) is 0. The van der Waals surface area contributed by atoms with Crippen molar-refractivity contribution in [1.29, 1.82) is 0 Å². The average Bonchev–Trinajstić information content (AvgIpc) is 2.75. The van der Waals surface area contributed by atoms with E-state index in [-0.39, 0.29) is 30.3 Å². The van der Waals surface area contributed by atoms with Gasteiger partial charge >= 0.3 is 0 Å². The summed E-state index contributed by atoms with van der Waals surface area (Å²) < 4.78 is 0. The zero-order valence-corrected chi connectivity index (χ0v) is 12.7. The summed E-state index contributed by atoms with van der Waals surface area (Å²) in [6.07, 6.45) is 6.14. The molecule has 1 heterocycles. The molecule has 116 valence electrons. The minimum atomic E-state index is -0.235. The largest absolute Gasteiger partial charge is 0.370 e. The van der Waals surface area contributed by atoms with Crippen LogP contribution in [0.2, 0.25) is 0 Å². The standard InChI is InChI=1S/C14H25N3O2.ClH/c15-12-3-1-2-11(12)9-14(19)17-6-4-10(5-7-17)8-13(16)18;/h10-12H,1-9,15H2,(H2,16,18);1H/t11-,12+;/m0./s1. The number of amides is 2. The van der Waals surface area contributed by atoms with Crippen LogP contribution in [0.15, 0.2) is 0 Å². The van der Waals surface area contributed by atoms with Crippen LogP contribution in [0.25, 0.3) is 0 Å². The van der Waals surface area contributed by atoms with E-state index in [9.17, 15) is 9.59 Å². The van der Waals surface area contributed by atoms with Gasteiger partial charge in [0, 0.05) is 32.0 Å². The first kappa shape index (κ1) is 17.2. The van der Waals surface area contributed by atoms with Gasteiger partial charge in [0.2, 0.25) is 11.8 Å². The Morgan fingerprint density at radius 1 is 1.05 bits per heavy atom. The van der Waals surface area contributed by atoms with Crippen molar-refractivity contribution in [2.75, 3.05) is 13.1 Å². The van der Waals surface area contributed by atoms with Gasteiger partial charge in [-0.25, -0.2) is 0 Å². The number of halogens is 1. The fourth-order valence-corrected chi connectivity index (χ4v) is 3.34. The van der Waals surface area contributed by atoms with Crippen LogP contribution in [-0.4, -0.2) is 35.8 Å². The molecule has 0 aromatic heterocycles. The van der Waals surface area contributed by atoms with Gasteiger partial charge in [-0.05, 0) is 37.5 Å². The molecule has 1 saturated carbocycles. The molecule has 0 radical (unpaired) electrons. The lowest BCUT2D eigenvalue weighted by molar-refractivity contribution is -0.133. The summed E-state index contributed by atoms with van der Waals surface area (Å²) in [5, 5.41) is 0. The molecule has 20 heavy (non-hydrogen) atoms. The highest BCUT2D eigenvalue weighted by molar-refractivity contribution is 5.85. The maximum absolute atomic E-state index is 12.2. The number of hydrogen-bond donors (Lipinski definition) is 2. The van der Waals surface area contributed by atoms with E-state index < -0.39 is 0 Å². The summed E-state index contributed by atoms with van der Waals surface area (Å²) in [4.78, 5) is 25.0. The molecule has 0 aromatic carbocycles. The van der Waals surface area contributed by atoms with Crippen LogP contribution >= 0.6 is 12.4 Å². The minimum Gasteiger partial charge on any atom is -0.370 e. The molecule has 0 spiro atoms. The summed E-state index contributed by atoms with van der Waals surface area (Å²) in [5.74, 6) is 0.729. The lowest BCUT2D eigenvalue weighted by Gasteiger charge is -2.32. The van der Waals surface area contributed by atoms with E-state index in [0.717, 1.165) is 45.2 Å². The normalized spacial score (nSPS) is 27.1. The molecule has 0 unspecified atom stereocenters. The number of nitrogens with zero attached hydrogens (tertiary/aromatic N) is 1. The van der Waals surface area contributed by atoms with Crippen LogP contribution in [0.5, 0.6) is 0 Å². The number of rotatable bonds is 4. The molecule has 5 nitrogen and oxygen atoms in total. The van der Waals surface area contributed by atoms with Crippen LogP contribution < -0.4 is 11.5 Å². The second-order valence-electron chi connectivity index (χ2n) is 6.05. The smallest absolute Gasteiger partial charge is 0.222 e. The lowest BCUT2D eigenvalue weighted by Crippen LogP contribution is -2.41. The first-order valence-corrected chi connectivity index (χ1v) is 7.38. The summed E-state index contributed by atoms with van der Waals surface area (Å²) in [6, 6.07) is 0.205. The van der Waals surface area contributed by atoms with Gasteiger partial charge < -0.3 is 16.4 Å². The zero-order chi connectivity index (χ0) is 13.8. The van der Waals surface area contributed by atoms with Crippen molar-refractivity contribution >= 4 is 24.2 Å². The van der Waals surface area contributed by atoms with Crippen molar-refractivity contribution in [3.63, 3.8) is 0 Å². The number of hydrogen-bond acceptors (Lipinski definition) is 3. The van der Waals surface area contributed by atoms with Crippen LogP contribution in [0, 0.1) is 11.8 Å². The number of likely N-dealkylation sites (tertiary alicyclic amines) is 1. The molecule has 2 aliphatic rings. The van der Waals surface area contributed by atoms with Crippen LogP contribution in [0.1, 0.15) is 44.9 Å². The summed E-state index contributed by atoms with van der Waals surface area (Å²) in [5.41, 5.74) is 11.2. The van der Waals surface area contributed by atoms with Gasteiger partial charge in [-0.15, -0.1) is 12.4 Å². The van der Waals surface area contributed by atoms with Gasteiger partial charge in [-0.1, -0.05) is 6.42 Å². The van der Waals surface area contributed by atoms with Gasteiger partial charge in [0.1, 0.15) is 0 Å². The molecule has 2 fully saturated rings. The molecular weight excluding hydrogens is 278 g/mol. The van der Waals surface area contributed by atoms with Gasteiger partial charge in [-0.3, -0.25) is 9.59 Å². The molecule has 1 saturated heterocycles. The maximum Gasteiger partial charge on any atom is 0.222 e. The highest BCUT2D eigenvalue weighted by Crippen LogP contribution is 2.28.